The molecule has 2 aromatic rings. The number of phenolic OH excluding ortho intramolecular Hbond substituents is 2. The number of aromatic hydroxyl groups is 2. The maximum absolute atomic E-state index is 9.30. The molecule has 2 aromatic carbocycles. The smallest absolute Gasteiger partial charge is 0.115 e. The molecular formula is C33H58O10. The normalized spacial score (nSPS) is 10.3. The Morgan fingerprint density at radius 3 is 0.860 bits per heavy atom. The first-order valence-corrected chi connectivity index (χ1v) is 13.7. The van der Waals surface area contributed by atoms with E-state index < -0.39 is 31.8 Å². The van der Waals surface area contributed by atoms with Crippen molar-refractivity contribution in [2.75, 3.05) is 52.9 Å². The Morgan fingerprint density at radius 2 is 0.744 bits per heavy atom. The number of phenols is 2. The molecule has 0 bridgehead atoms. The second-order valence-electron chi connectivity index (χ2n) is 10.6. The largest absolute Gasteiger partial charge is 0.508 e. The van der Waals surface area contributed by atoms with E-state index in [0.29, 0.717) is 0 Å². The van der Waals surface area contributed by atoms with Gasteiger partial charge in [0, 0.05) is 10.8 Å². The van der Waals surface area contributed by atoms with E-state index in [4.69, 9.17) is 40.9 Å². The first-order valence-electron chi connectivity index (χ1n) is 13.7. The minimum atomic E-state index is -1.11. The number of hydrogen-bond acceptors (Lipinski definition) is 10. The van der Waals surface area contributed by atoms with Gasteiger partial charge in [-0.25, -0.2) is 0 Å². The van der Waals surface area contributed by atoms with Crippen molar-refractivity contribution in [2.24, 2.45) is 10.8 Å². The third-order valence-corrected chi connectivity index (χ3v) is 5.48. The molecule has 0 aliphatic rings. The van der Waals surface area contributed by atoms with E-state index in [1.165, 1.54) is 0 Å². The molecule has 0 aliphatic heterocycles. The van der Waals surface area contributed by atoms with Crippen molar-refractivity contribution in [2.45, 2.75) is 47.0 Å². The van der Waals surface area contributed by atoms with Crippen LogP contribution >= 0.6 is 0 Å². The highest BCUT2D eigenvalue weighted by molar-refractivity contribution is 5.41. The summed E-state index contributed by atoms with van der Waals surface area (Å²) in [6.07, 6.45) is 3.50. The first kappa shape index (κ1) is 47.1. The van der Waals surface area contributed by atoms with E-state index in [9.17, 15) is 10.2 Å². The molecule has 250 valence electrons. The van der Waals surface area contributed by atoms with Gasteiger partial charge in [0.15, 0.2) is 0 Å². The number of rotatable bonds is 9. The van der Waals surface area contributed by atoms with E-state index in [1.807, 2.05) is 38.1 Å². The second-order valence-corrected chi connectivity index (χ2v) is 10.6. The van der Waals surface area contributed by atoms with E-state index in [-0.39, 0.29) is 48.8 Å². The zero-order chi connectivity index (χ0) is 34.5. The third kappa shape index (κ3) is 23.3. The molecule has 43 heavy (non-hydrogen) atoms. The Balaban J connectivity index is -0.000000248. The number of aliphatic hydroxyl groups excluding tert-OH is 8. The van der Waals surface area contributed by atoms with Crippen LogP contribution in [-0.4, -0.2) is 104 Å². The number of allylic oxidation sites excluding steroid dienone is 2. The van der Waals surface area contributed by atoms with Crippen LogP contribution in [0.4, 0.5) is 0 Å². The molecule has 0 fully saturated rings. The van der Waals surface area contributed by atoms with Gasteiger partial charge in [-0.3, -0.25) is 0 Å². The van der Waals surface area contributed by atoms with Gasteiger partial charge in [0.25, 0.3) is 0 Å². The molecule has 2 rings (SSSR count). The molecule has 0 saturated carbocycles. The fraction of sp³-hybridized carbons (Fsp3) is 0.515. The van der Waals surface area contributed by atoms with E-state index in [0.717, 1.165) is 11.1 Å². The number of benzene rings is 2. The lowest BCUT2D eigenvalue weighted by Gasteiger charge is -2.26. The van der Waals surface area contributed by atoms with Crippen molar-refractivity contribution in [1.29, 1.82) is 0 Å². The minimum absolute atomic E-state index is 0.0451. The average Bonchev–Trinajstić information content (AvgIpc) is 3.01. The van der Waals surface area contributed by atoms with E-state index in [2.05, 4.69) is 27.0 Å². The lowest BCUT2D eigenvalue weighted by Crippen LogP contribution is -2.37. The zero-order valence-corrected chi connectivity index (χ0v) is 26.8. The summed E-state index contributed by atoms with van der Waals surface area (Å²) in [7, 11) is 0. The van der Waals surface area contributed by atoms with Crippen LogP contribution in [0.5, 0.6) is 11.5 Å². The van der Waals surface area contributed by atoms with Crippen molar-refractivity contribution >= 4 is 0 Å². The molecule has 0 spiro atoms. The van der Waals surface area contributed by atoms with Gasteiger partial charge in [-0.2, -0.15) is 0 Å². The van der Waals surface area contributed by atoms with Crippen LogP contribution in [0.2, 0.25) is 0 Å². The summed E-state index contributed by atoms with van der Waals surface area (Å²) in [5.41, 5.74) is 0.684. The van der Waals surface area contributed by atoms with Crippen molar-refractivity contribution in [3.8, 4) is 11.5 Å². The number of hydrogen-bond donors (Lipinski definition) is 10. The zero-order valence-electron chi connectivity index (χ0n) is 26.8. The summed E-state index contributed by atoms with van der Waals surface area (Å²) in [5, 5.41) is 84.7. The van der Waals surface area contributed by atoms with Gasteiger partial charge >= 0.3 is 0 Å². The van der Waals surface area contributed by atoms with Gasteiger partial charge in [-0.15, -0.1) is 13.2 Å². The molecule has 0 radical (unpaired) electrons. The second kappa shape index (κ2) is 28.0. The molecule has 0 unspecified atom stereocenters. The summed E-state index contributed by atoms with van der Waals surface area (Å²) in [5.74, 6) is 0.547. The Labute approximate surface area is 258 Å². The highest BCUT2D eigenvalue weighted by Gasteiger charge is 2.26. The third-order valence-electron chi connectivity index (χ3n) is 5.48. The standard InChI is InChI=1S/C15H16O2.C5H12O4.C5H12O2.2C3H6.C2H6O2/c1-15(2,11-3-7-13(16)8-4-11)12-5-9-14(17)10-6-12;6-1-5(2-7,3-8)4-9;1-5(2,3-6)4-7;2*1-3-2;3-1-2-4/h3-10,16-17H,1-2H3;6-9H,1-4H2;6-7H,3-4H2,1-2H3;2*3H,1H2,2H3;3-4H,1-2H2. The van der Waals surface area contributed by atoms with Crippen LogP contribution in [0.3, 0.4) is 0 Å². The molecule has 10 nitrogen and oxygen atoms in total. The SMILES string of the molecule is C=CC.C=CC.CC(C)(CO)CO.CC(C)(c1ccc(O)cc1)c1ccc(O)cc1.OCC(CO)(CO)CO.OCCO. The predicted octanol–water partition coefficient (Wildman–Crippen LogP) is 2.72. The number of aliphatic hydroxyl groups is 8. The van der Waals surface area contributed by atoms with Gasteiger partial charge in [0.05, 0.1) is 58.3 Å². The molecular weight excluding hydrogens is 556 g/mol. The van der Waals surface area contributed by atoms with Crippen LogP contribution in [-0.2, 0) is 5.41 Å². The topological polar surface area (TPSA) is 202 Å². The van der Waals surface area contributed by atoms with Crippen molar-refractivity contribution in [3.05, 3.63) is 85.0 Å². The van der Waals surface area contributed by atoms with Gasteiger partial charge in [0.2, 0.25) is 0 Å². The summed E-state index contributed by atoms with van der Waals surface area (Å²) >= 11 is 0. The molecule has 10 heteroatoms. The Morgan fingerprint density at radius 1 is 0.512 bits per heavy atom. The van der Waals surface area contributed by atoms with E-state index in [1.54, 1.807) is 50.3 Å². The Bertz CT molecular complexity index is 812. The summed E-state index contributed by atoms with van der Waals surface area (Å²) < 4.78 is 0. The molecule has 0 heterocycles. The molecule has 0 aromatic heterocycles. The maximum atomic E-state index is 9.30. The summed E-state index contributed by atoms with van der Waals surface area (Å²) in [4.78, 5) is 0. The molecule has 10 N–H and O–H groups in total. The fourth-order valence-corrected chi connectivity index (χ4v) is 2.27. The van der Waals surface area contributed by atoms with Crippen LogP contribution in [0.15, 0.2) is 73.8 Å². The lowest BCUT2D eigenvalue weighted by molar-refractivity contribution is -0.0328. The molecule has 0 saturated heterocycles. The van der Waals surface area contributed by atoms with Crippen LogP contribution < -0.4 is 0 Å². The Hall–Kier alpha value is -2.80. The summed E-state index contributed by atoms with van der Waals surface area (Å²) in [6.45, 7) is 16.5. The van der Waals surface area contributed by atoms with Gasteiger partial charge < -0.3 is 51.1 Å². The van der Waals surface area contributed by atoms with Crippen LogP contribution in [0, 0.1) is 10.8 Å². The lowest BCUT2D eigenvalue weighted by atomic mass is 9.78. The van der Waals surface area contributed by atoms with Gasteiger partial charge in [-0.05, 0) is 49.2 Å². The average molecular weight is 615 g/mol. The fourth-order valence-electron chi connectivity index (χ4n) is 2.27. The van der Waals surface area contributed by atoms with Crippen molar-refractivity contribution < 1.29 is 51.1 Å². The molecule has 0 amide bonds. The van der Waals surface area contributed by atoms with Gasteiger partial charge in [0.1, 0.15) is 11.5 Å². The molecule has 0 aliphatic carbocycles. The predicted molar refractivity (Wildman–Crippen MR) is 173 cm³/mol. The monoisotopic (exact) mass is 614 g/mol. The highest BCUT2D eigenvalue weighted by Crippen LogP contribution is 2.32. The van der Waals surface area contributed by atoms with Crippen molar-refractivity contribution in [3.63, 3.8) is 0 Å². The molecule has 0 atom stereocenters. The Kier molecular flexibility index (Phi) is 30.7. The quantitative estimate of drug-likeness (QED) is 0.187. The van der Waals surface area contributed by atoms with Crippen molar-refractivity contribution in [1.82, 2.24) is 0 Å². The van der Waals surface area contributed by atoms with Crippen LogP contribution in [0.1, 0.15) is 52.7 Å². The minimum Gasteiger partial charge on any atom is -0.508 e. The van der Waals surface area contributed by atoms with E-state index >= 15 is 0 Å². The van der Waals surface area contributed by atoms with Gasteiger partial charge in [-0.1, -0.05) is 64.1 Å². The van der Waals surface area contributed by atoms with Crippen LogP contribution in [0.25, 0.3) is 0 Å². The first-order chi connectivity index (χ1) is 20.1. The highest BCUT2D eigenvalue weighted by atomic mass is 16.3. The maximum Gasteiger partial charge on any atom is 0.115 e. The summed E-state index contributed by atoms with van der Waals surface area (Å²) in [6, 6.07) is 14.4.